The summed E-state index contributed by atoms with van der Waals surface area (Å²) in [5, 5.41) is 3.90. The number of halogens is 2. The molecule has 1 unspecified atom stereocenters. The van der Waals surface area contributed by atoms with Gasteiger partial charge in [0.2, 0.25) is 0 Å². The van der Waals surface area contributed by atoms with Crippen LogP contribution in [0.25, 0.3) is 0 Å². The first-order valence-corrected chi connectivity index (χ1v) is 6.67. The molecule has 0 spiro atoms. The van der Waals surface area contributed by atoms with E-state index in [1.807, 2.05) is 13.0 Å². The minimum Gasteiger partial charge on any atom is -0.309 e. The van der Waals surface area contributed by atoms with Crippen molar-refractivity contribution in [2.24, 2.45) is 0 Å². The topological polar surface area (TPSA) is 24.9 Å². The van der Waals surface area contributed by atoms with Crippen LogP contribution in [0.3, 0.4) is 0 Å². The van der Waals surface area contributed by atoms with Crippen LogP contribution in [0.5, 0.6) is 0 Å². The zero-order valence-electron chi connectivity index (χ0n) is 10.7. The lowest BCUT2D eigenvalue weighted by atomic mass is 10.0. The second-order valence-electron chi connectivity index (χ2n) is 4.28. The SMILES string of the molecule is CCNC(Cc1ccccc1F)c1ncccc1Cl. The molecule has 19 heavy (non-hydrogen) atoms. The fourth-order valence-corrected chi connectivity index (χ4v) is 2.30. The van der Waals surface area contributed by atoms with Crippen molar-refractivity contribution in [2.45, 2.75) is 19.4 Å². The summed E-state index contributed by atoms with van der Waals surface area (Å²) in [6, 6.07) is 10.3. The molecule has 100 valence electrons. The molecule has 1 heterocycles. The van der Waals surface area contributed by atoms with Crippen LogP contribution in [-0.4, -0.2) is 11.5 Å². The number of hydrogen-bond donors (Lipinski definition) is 1. The van der Waals surface area contributed by atoms with Gasteiger partial charge in [0.25, 0.3) is 0 Å². The Kier molecular flexibility index (Phi) is 4.88. The van der Waals surface area contributed by atoms with Crippen molar-refractivity contribution in [1.82, 2.24) is 10.3 Å². The molecule has 0 radical (unpaired) electrons. The smallest absolute Gasteiger partial charge is 0.126 e. The van der Waals surface area contributed by atoms with Gasteiger partial charge < -0.3 is 5.32 Å². The van der Waals surface area contributed by atoms with Gasteiger partial charge in [-0.3, -0.25) is 4.98 Å². The number of benzene rings is 1. The highest BCUT2D eigenvalue weighted by atomic mass is 35.5. The Labute approximate surface area is 117 Å². The minimum atomic E-state index is -0.197. The largest absolute Gasteiger partial charge is 0.309 e. The quantitative estimate of drug-likeness (QED) is 0.901. The summed E-state index contributed by atoms with van der Waals surface area (Å²) in [6.45, 7) is 2.78. The Morgan fingerprint density at radius 2 is 2.05 bits per heavy atom. The summed E-state index contributed by atoms with van der Waals surface area (Å²) < 4.78 is 13.7. The molecule has 0 saturated heterocycles. The van der Waals surface area contributed by atoms with Crippen LogP contribution in [0.4, 0.5) is 4.39 Å². The van der Waals surface area contributed by atoms with Crippen LogP contribution >= 0.6 is 11.6 Å². The number of nitrogens with zero attached hydrogens (tertiary/aromatic N) is 1. The molecule has 4 heteroatoms. The van der Waals surface area contributed by atoms with Gasteiger partial charge in [-0.05, 0) is 36.7 Å². The van der Waals surface area contributed by atoms with E-state index in [1.54, 1.807) is 30.5 Å². The van der Waals surface area contributed by atoms with Gasteiger partial charge in [-0.1, -0.05) is 36.7 Å². The van der Waals surface area contributed by atoms with Crippen LogP contribution in [0, 0.1) is 5.82 Å². The van der Waals surface area contributed by atoms with E-state index < -0.39 is 0 Å². The van der Waals surface area contributed by atoms with Crippen LogP contribution in [0.15, 0.2) is 42.6 Å². The normalized spacial score (nSPS) is 12.4. The molecule has 0 amide bonds. The average molecular weight is 279 g/mol. The van der Waals surface area contributed by atoms with Crippen molar-refractivity contribution in [2.75, 3.05) is 6.54 Å². The Morgan fingerprint density at radius 3 is 2.74 bits per heavy atom. The highest BCUT2D eigenvalue weighted by molar-refractivity contribution is 6.31. The van der Waals surface area contributed by atoms with Gasteiger partial charge in [0.15, 0.2) is 0 Å². The van der Waals surface area contributed by atoms with Crippen molar-refractivity contribution in [3.63, 3.8) is 0 Å². The Balaban J connectivity index is 2.27. The Morgan fingerprint density at radius 1 is 1.26 bits per heavy atom. The Bertz CT molecular complexity index is 545. The molecule has 0 fully saturated rings. The molecular formula is C15H16ClFN2. The van der Waals surface area contributed by atoms with E-state index >= 15 is 0 Å². The van der Waals surface area contributed by atoms with Gasteiger partial charge in [-0.25, -0.2) is 4.39 Å². The monoisotopic (exact) mass is 278 g/mol. The molecule has 0 aliphatic rings. The maximum atomic E-state index is 13.7. The summed E-state index contributed by atoms with van der Waals surface area (Å²) in [7, 11) is 0. The average Bonchev–Trinajstić information content (AvgIpc) is 2.41. The molecule has 2 nitrogen and oxygen atoms in total. The van der Waals surface area contributed by atoms with E-state index in [1.165, 1.54) is 6.07 Å². The lowest BCUT2D eigenvalue weighted by Gasteiger charge is -2.18. The van der Waals surface area contributed by atoms with Crippen LogP contribution in [0.1, 0.15) is 24.2 Å². The van der Waals surface area contributed by atoms with E-state index in [4.69, 9.17) is 11.6 Å². The zero-order valence-corrected chi connectivity index (χ0v) is 11.5. The maximum absolute atomic E-state index is 13.7. The van der Waals surface area contributed by atoms with Crippen LogP contribution in [0.2, 0.25) is 5.02 Å². The lowest BCUT2D eigenvalue weighted by molar-refractivity contribution is 0.518. The molecule has 1 N–H and O–H groups in total. The van der Waals surface area contributed by atoms with Crippen molar-refractivity contribution >= 4 is 11.6 Å². The number of likely N-dealkylation sites (N-methyl/N-ethyl adjacent to an activating group) is 1. The summed E-state index contributed by atoms with van der Waals surface area (Å²) >= 11 is 6.16. The summed E-state index contributed by atoms with van der Waals surface area (Å²) in [6.07, 6.45) is 2.23. The number of pyridine rings is 1. The van der Waals surface area contributed by atoms with E-state index in [9.17, 15) is 4.39 Å². The summed E-state index contributed by atoms with van der Waals surface area (Å²) in [5.41, 5.74) is 1.42. The van der Waals surface area contributed by atoms with Gasteiger partial charge in [-0.2, -0.15) is 0 Å². The van der Waals surface area contributed by atoms with Gasteiger partial charge >= 0.3 is 0 Å². The molecular weight excluding hydrogens is 263 g/mol. The van der Waals surface area contributed by atoms with Gasteiger partial charge in [0.05, 0.1) is 16.8 Å². The van der Waals surface area contributed by atoms with E-state index in [-0.39, 0.29) is 11.9 Å². The first-order chi connectivity index (χ1) is 9.22. The third-order valence-electron chi connectivity index (χ3n) is 2.95. The standard InChI is InChI=1S/C15H16ClFN2/c1-2-18-14(15-12(16)7-5-9-19-15)10-11-6-3-4-8-13(11)17/h3-9,14,18H,2,10H2,1H3. The van der Waals surface area contributed by atoms with E-state index in [0.29, 0.717) is 17.0 Å². The summed E-state index contributed by atoms with van der Waals surface area (Å²) in [4.78, 5) is 4.31. The highest BCUT2D eigenvalue weighted by Crippen LogP contribution is 2.24. The Hall–Kier alpha value is -1.45. The minimum absolute atomic E-state index is 0.0874. The number of hydrogen-bond acceptors (Lipinski definition) is 2. The summed E-state index contributed by atoms with van der Waals surface area (Å²) in [5.74, 6) is -0.197. The first-order valence-electron chi connectivity index (χ1n) is 6.29. The predicted molar refractivity (Wildman–Crippen MR) is 75.8 cm³/mol. The third-order valence-corrected chi connectivity index (χ3v) is 3.27. The van der Waals surface area contributed by atoms with Crippen LogP contribution < -0.4 is 5.32 Å². The van der Waals surface area contributed by atoms with E-state index in [2.05, 4.69) is 10.3 Å². The molecule has 2 aromatic rings. The van der Waals surface area contributed by atoms with E-state index in [0.717, 1.165) is 12.2 Å². The van der Waals surface area contributed by atoms with Crippen molar-refractivity contribution in [3.05, 3.63) is 64.7 Å². The molecule has 0 aliphatic heterocycles. The molecule has 0 aliphatic carbocycles. The molecule has 1 atom stereocenters. The fraction of sp³-hybridized carbons (Fsp3) is 0.267. The first kappa shape index (κ1) is 14.0. The van der Waals surface area contributed by atoms with Gasteiger partial charge in [0, 0.05) is 6.20 Å². The number of rotatable bonds is 5. The van der Waals surface area contributed by atoms with Crippen molar-refractivity contribution in [3.8, 4) is 0 Å². The lowest BCUT2D eigenvalue weighted by Crippen LogP contribution is -2.24. The third kappa shape index (κ3) is 3.52. The molecule has 1 aromatic heterocycles. The van der Waals surface area contributed by atoms with Gasteiger partial charge in [0.1, 0.15) is 5.82 Å². The highest BCUT2D eigenvalue weighted by Gasteiger charge is 2.17. The second kappa shape index (κ2) is 6.64. The van der Waals surface area contributed by atoms with Crippen molar-refractivity contribution < 1.29 is 4.39 Å². The molecule has 0 saturated carbocycles. The molecule has 0 bridgehead atoms. The maximum Gasteiger partial charge on any atom is 0.126 e. The molecule has 2 rings (SSSR count). The molecule has 1 aromatic carbocycles. The zero-order chi connectivity index (χ0) is 13.7. The number of nitrogens with one attached hydrogen (secondary N) is 1. The fourth-order valence-electron chi connectivity index (χ4n) is 2.05. The van der Waals surface area contributed by atoms with Crippen molar-refractivity contribution in [1.29, 1.82) is 0 Å². The number of aromatic nitrogens is 1. The predicted octanol–water partition coefficient (Wildman–Crippen LogP) is 3.77. The van der Waals surface area contributed by atoms with Gasteiger partial charge in [-0.15, -0.1) is 0 Å². The van der Waals surface area contributed by atoms with Crippen LogP contribution in [-0.2, 0) is 6.42 Å². The second-order valence-corrected chi connectivity index (χ2v) is 4.68.